The molecule has 1 aromatic heterocycles. The summed E-state index contributed by atoms with van der Waals surface area (Å²) in [6.07, 6.45) is 0. The van der Waals surface area contributed by atoms with Crippen molar-refractivity contribution in [3.63, 3.8) is 0 Å². The van der Waals surface area contributed by atoms with Crippen LogP contribution in [0.15, 0.2) is 40.8 Å². The van der Waals surface area contributed by atoms with Gasteiger partial charge in [-0.1, -0.05) is 12.1 Å². The lowest BCUT2D eigenvalue weighted by atomic mass is 10.2. The van der Waals surface area contributed by atoms with Crippen LogP contribution in [0.25, 0.3) is 0 Å². The maximum atomic E-state index is 10.5. The number of non-ortho nitro benzene ring substituents is 1. The normalized spacial score (nSPS) is 10.5. The molecule has 0 amide bonds. The molecule has 5 nitrogen and oxygen atoms in total. The van der Waals surface area contributed by atoms with Gasteiger partial charge >= 0.3 is 0 Å². The van der Waals surface area contributed by atoms with E-state index in [4.69, 9.17) is 4.42 Å². The third kappa shape index (κ3) is 3.18. The van der Waals surface area contributed by atoms with E-state index < -0.39 is 4.92 Å². The van der Waals surface area contributed by atoms with Gasteiger partial charge < -0.3 is 9.73 Å². The smallest absolute Gasteiger partial charge is 0.269 e. The van der Waals surface area contributed by atoms with Crippen LogP contribution in [0.3, 0.4) is 0 Å². The predicted molar refractivity (Wildman–Crippen MR) is 67.1 cm³/mol. The third-order valence-electron chi connectivity index (χ3n) is 2.57. The molecule has 0 radical (unpaired) electrons. The van der Waals surface area contributed by atoms with Gasteiger partial charge in [0.2, 0.25) is 0 Å². The van der Waals surface area contributed by atoms with E-state index in [1.165, 1.54) is 12.1 Å². The van der Waals surface area contributed by atoms with Crippen LogP contribution < -0.4 is 5.32 Å². The number of nitro groups is 1. The van der Waals surface area contributed by atoms with Gasteiger partial charge in [0.15, 0.2) is 0 Å². The highest BCUT2D eigenvalue weighted by molar-refractivity contribution is 5.32. The molecule has 0 saturated carbocycles. The van der Waals surface area contributed by atoms with E-state index in [1.807, 2.05) is 19.1 Å². The Morgan fingerprint density at radius 3 is 2.44 bits per heavy atom. The summed E-state index contributed by atoms with van der Waals surface area (Å²) in [5.41, 5.74) is 1.12. The number of rotatable bonds is 5. The minimum atomic E-state index is -0.400. The second-order valence-electron chi connectivity index (χ2n) is 4.04. The molecular weight excluding hydrogens is 232 g/mol. The van der Waals surface area contributed by atoms with Crippen molar-refractivity contribution in [3.05, 3.63) is 63.6 Å². The molecule has 2 rings (SSSR count). The number of furan rings is 1. The fourth-order valence-electron chi connectivity index (χ4n) is 1.65. The molecule has 0 aliphatic heterocycles. The van der Waals surface area contributed by atoms with Crippen LogP contribution in [0, 0.1) is 17.0 Å². The largest absolute Gasteiger partial charge is 0.465 e. The summed E-state index contributed by atoms with van der Waals surface area (Å²) >= 11 is 0. The number of nitro benzene ring substituents is 1. The van der Waals surface area contributed by atoms with Crippen LogP contribution in [0.4, 0.5) is 5.69 Å². The maximum Gasteiger partial charge on any atom is 0.269 e. The van der Waals surface area contributed by atoms with E-state index in [1.54, 1.807) is 12.1 Å². The number of aryl methyl sites for hydroxylation is 1. The van der Waals surface area contributed by atoms with E-state index in [0.717, 1.165) is 17.1 Å². The first-order chi connectivity index (χ1) is 8.65. The molecule has 0 unspecified atom stereocenters. The van der Waals surface area contributed by atoms with Crippen LogP contribution >= 0.6 is 0 Å². The van der Waals surface area contributed by atoms with Gasteiger partial charge in [0.1, 0.15) is 11.5 Å². The summed E-state index contributed by atoms with van der Waals surface area (Å²) < 4.78 is 5.42. The molecule has 0 aliphatic rings. The summed E-state index contributed by atoms with van der Waals surface area (Å²) in [4.78, 5) is 10.1. The summed E-state index contributed by atoms with van der Waals surface area (Å²) in [5.74, 6) is 1.77. The summed E-state index contributed by atoms with van der Waals surface area (Å²) in [6.45, 7) is 3.20. The van der Waals surface area contributed by atoms with E-state index in [0.29, 0.717) is 13.1 Å². The van der Waals surface area contributed by atoms with Crippen LogP contribution in [-0.4, -0.2) is 4.92 Å². The first-order valence-electron chi connectivity index (χ1n) is 5.64. The zero-order valence-electron chi connectivity index (χ0n) is 10.1. The minimum Gasteiger partial charge on any atom is -0.465 e. The van der Waals surface area contributed by atoms with E-state index in [2.05, 4.69) is 5.32 Å². The molecule has 1 N–H and O–H groups in total. The Kier molecular flexibility index (Phi) is 3.74. The van der Waals surface area contributed by atoms with Crippen LogP contribution in [-0.2, 0) is 13.1 Å². The molecule has 0 bridgehead atoms. The number of nitrogens with one attached hydrogen (secondary N) is 1. The van der Waals surface area contributed by atoms with Crippen molar-refractivity contribution < 1.29 is 9.34 Å². The average molecular weight is 246 g/mol. The maximum absolute atomic E-state index is 10.5. The Balaban J connectivity index is 1.85. The van der Waals surface area contributed by atoms with Gasteiger partial charge in [0.25, 0.3) is 5.69 Å². The lowest BCUT2D eigenvalue weighted by Gasteiger charge is -2.02. The second kappa shape index (κ2) is 5.46. The number of nitrogens with zero attached hydrogens (tertiary/aromatic N) is 1. The molecule has 0 atom stereocenters. The van der Waals surface area contributed by atoms with Gasteiger partial charge in [-0.25, -0.2) is 0 Å². The first-order valence-corrected chi connectivity index (χ1v) is 5.64. The molecule has 94 valence electrons. The molecule has 0 fully saturated rings. The van der Waals surface area contributed by atoms with Gasteiger partial charge in [0, 0.05) is 18.7 Å². The van der Waals surface area contributed by atoms with Crippen molar-refractivity contribution in [3.8, 4) is 0 Å². The van der Waals surface area contributed by atoms with Crippen LogP contribution in [0.5, 0.6) is 0 Å². The zero-order valence-corrected chi connectivity index (χ0v) is 10.1. The lowest BCUT2D eigenvalue weighted by molar-refractivity contribution is -0.384. The van der Waals surface area contributed by atoms with Crippen LogP contribution in [0.1, 0.15) is 17.1 Å². The van der Waals surface area contributed by atoms with Crippen molar-refractivity contribution in [1.82, 2.24) is 5.32 Å². The Bertz CT molecular complexity index is 531. The molecule has 1 aromatic carbocycles. The molecule has 2 aromatic rings. The predicted octanol–water partition coefficient (Wildman–Crippen LogP) is 2.79. The van der Waals surface area contributed by atoms with Gasteiger partial charge in [-0.05, 0) is 24.6 Å². The van der Waals surface area contributed by atoms with Crippen molar-refractivity contribution in [2.24, 2.45) is 0 Å². The molecule has 0 spiro atoms. The lowest BCUT2D eigenvalue weighted by Crippen LogP contribution is -2.12. The summed E-state index contributed by atoms with van der Waals surface area (Å²) in [6, 6.07) is 10.4. The molecule has 0 aliphatic carbocycles. The Morgan fingerprint density at radius 2 is 1.89 bits per heavy atom. The van der Waals surface area contributed by atoms with Crippen LogP contribution in [0.2, 0.25) is 0 Å². The highest BCUT2D eigenvalue weighted by Crippen LogP contribution is 2.12. The fourth-order valence-corrected chi connectivity index (χ4v) is 1.65. The van der Waals surface area contributed by atoms with Crippen molar-refractivity contribution >= 4 is 5.69 Å². The summed E-state index contributed by atoms with van der Waals surface area (Å²) in [5, 5.41) is 13.7. The monoisotopic (exact) mass is 246 g/mol. The Hall–Kier alpha value is -2.14. The number of hydrogen-bond acceptors (Lipinski definition) is 4. The van der Waals surface area contributed by atoms with Gasteiger partial charge in [-0.15, -0.1) is 0 Å². The molecule has 5 heteroatoms. The first kappa shape index (κ1) is 12.3. The van der Waals surface area contributed by atoms with Gasteiger partial charge in [0.05, 0.1) is 11.5 Å². The van der Waals surface area contributed by atoms with Gasteiger partial charge in [-0.3, -0.25) is 10.1 Å². The highest BCUT2D eigenvalue weighted by Gasteiger charge is 2.04. The Labute approximate surface area is 105 Å². The average Bonchev–Trinajstić information content (AvgIpc) is 2.76. The highest BCUT2D eigenvalue weighted by atomic mass is 16.6. The third-order valence-corrected chi connectivity index (χ3v) is 2.57. The quantitative estimate of drug-likeness (QED) is 0.650. The standard InChI is InChI=1S/C13H14N2O3/c1-10-2-7-13(18-10)9-14-8-11-3-5-12(6-4-11)15(16)17/h2-7,14H,8-9H2,1H3. The van der Waals surface area contributed by atoms with Crippen molar-refractivity contribution in [2.45, 2.75) is 20.0 Å². The topological polar surface area (TPSA) is 68.3 Å². The molecule has 0 saturated heterocycles. The zero-order chi connectivity index (χ0) is 13.0. The number of benzene rings is 1. The SMILES string of the molecule is Cc1ccc(CNCc2ccc([N+](=O)[O-])cc2)o1. The molecule has 18 heavy (non-hydrogen) atoms. The van der Waals surface area contributed by atoms with E-state index in [-0.39, 0.29) is 5.69 Å². The molecule has 1 heterocycles. The van der Waals surface area contributed by atoms with E-state index >= 15 is 0 Å². The van der Waals surface area contributed by atoms with E-state index in [9.17, 15) is 10.1 Å². The van der Waals surface area contributed by atoms with Crippen molar-refractivity contribution in [2.75, 3.05) is 0 Å². The minimum absolute atomic E-state index is 0.111. The van der Waals surface area contributed by atoms with Crippen molar-refractivity contribution in [1.29, 1.82) is 0 Å². The second-order valence-corrected chi connectivity index (χ2v) is 4.04. The van der Waals surface area contributed by atoms with Gasteiger partial charge in [-0.2, -0.15) is 0 Å². The fraction of sp³-hybridized carbons (Fsp3) is 0.231. The summed E-state index contributed by atoms with van der Waals surface area (Å²) in [7, 11) is 0. The Morgan fingerprint density at radius 1 is 1.17 bits per heavy atom. The number of hydrogen-bond donors (Lipinski definition) is 1. The molecular formula is C13H14N2O3.